The third-order valence-electron chi connectivity index (χ3n) is 4.37. The van der Waals surface area contributed by atoms with Crippen LogP contribution in [-0.4, -0.2) is 33.5 Å². The third-order valence-corrected chi connectivity index (χ3v) is 5.23. The molecule has 1 saturated heterocycles. The van der Waals surface area contributed by atoms with Crippen molar-refractivity contribution in [2.75, 3.05) is 13.2 Å². The van der Waals surface area contributed by atoms with Crippen LogP contribution in [0.25, 0.3) is 11.0 Å². The van der Waals surface area contributed by atoms with E-state index in [9.17, 15) is 0 Å². The van der Waals surface area contributed by atoms with Crippen LogP contribution in [0.2, 0.25) is 0 Å². The zero-order valence-electron chi connectivity index (χ0n) is 11.1. The Hall–Kier alpha value is -0.730. The molecule has 0 N–H and O–H groups in total. The molecule has 1 spiro atoms. The minimum absolute atomic E-state index is 0.290. The second kappa shape index (κ2) is 4.92. The average Bonchev–Trinajstić information content (AvgIpc) is 3.07. The Bertz CT molecular complexity index is 626. The molecule has 1 saturated carbocycles. The first kappa shape index (κ1) is 13.0. The molecule has 6 heteroatoms. The summed E-state index contributed by atoms with van der Waals surface area (Å²) in [5.74, 6) is -0.290. The van der Waals surface area contributed by atoms with Crippen LogP contribution < -0.4 is 0 Å². The summed E-state index contributed by atoms with van der Waals surface area (Å²) in [7, 11) is 0. The summed E-state index contributed by atoms with van der Waals surface area (Å²) in [5.41, 5.74) is 1.04. The van der Waals surface area contributed by atoms with Crippen LogP contribution in [0, 0.1) is 3.57 Å². The normalized spacial score (nSPS) is 22.9. The molecule has 4 rings (SSSR count). The number of aromatic nitrogens is 3. The van der Waals surface area contributed by atoms with Gasteiger partial charge in [0.05, 0.1) is 18.6 Å². The van der Waals surface area contributed by atoms with E-state index in [0.29, 0.717) is 6.04 Å². The van der Waals surface area contributed by atoms with E-state index in [2.05, 4.69) is 43.3 Å². The number of hydrogen-bond donors (Lipinski definition) is 0. The van der Waals surface area contributed by atoms with Crippen LogP contribution in [0.4, 0.5) is 0 Å². The fourth-order valence-electron chi connectivity index (χ4n) is 3.33. The summed E-state index contributed by atoms with van der Waals surface area (Å²) in [6.07, 6.45) is 9.81. The van der Waals surface area contributed by atoms with E-state index >= 15 is 0 Å². The zero-order valence-corrected chi connectivity index (χ0v) is 13.2. The Morgan fingerprint density at radius 2 is 2.00 bits per heavy atom. The third kappa shape index (κ3) is 2.05. The van der Waals surface area contributed by atoms with Crippen molar-refractivity contribution in [1.82, 2.24) is 14.5 Å². The first-order valence-electron chi connectivity index (χ1n) is 7.01. The molecule has 0 amide bonds. The maximum absolute atomic E-state index is 5.80. The summed E-state index contributed by atoms with van der Waals surface area (Å²) >= 11 is 2.36. The minimum Gasteiger partial charge on any atom is -0.348 e. The van der Waals surface area contributed by atoms with Gasteiger partial charge in [-0.25, -0.2) is 9.97 Å². The number of rotatable bonds is 1. The second-order valence-corrected chi connectivity index (χ2v) is 6.65. The molecule has 2 fully saturated rings. The van der Waals surface area contributed by atoms with Gasteiger partial charge in [0.25, 0.3) is 0 Å². The van der Waals surface area contributed by atoms with Gasteiger partial charge < -0.3 is 14.0 Å². The molecular weight excluding hydrogens is 369 g/mol. The zero-order chi connectivity index (χ0) is 13.6. The first-order chi connectivity index (χ1) is 9.77. The van der Waals surface area contributed by atoms with E-state index in [4.69, 9.17) is 9.47 Å². The highest BCUT2D eigenvalue weighted by Gasteiger charge is 2.40. The van der Waals surface area contributed by atoms with Crippen LogP contribution in [0.3, 0.4) is 0 Å². The monoisotopic (exact) mass is 385 g/mol. The molecule has 2 aromatic heterocycles. The van der Waals surface area contributed by atoms with Crippen molar-refractivity contribution in [3.05, 3.63) is 22.3 Å². The van der Waals surface area contributed by atoms with Crippen LogP contribution in [0.5, 0.6) is 0 Å². The molecule has 1 aliphatic heterocycles. The quantitative estimate of drug-likeness (QED) is 0.709. The van der Waals surface area contributed by atoms with Crippen molar-refractivity contribution < 1.29 is 9.47 Å². The van der Waals surface area contributed by atoms with Crippen LogP contribution >= 0.6 is 22.6 Å². The van der Waals surface area contributed by atoms with E-state index in [1.165, 1.54) is 3.57 Å². The van der Waals surface area contributed by atoms with E-state index in [0.717, 1.165) is 49.9 Å². The molecule has 5 nitrogen and oxygen atoms in total. The van der Waals surface area contributed by atoms with Gasteiger partial charge in [-0.15, -0.1) is 0 Å². The molecule has 0 bridgehead atoms. The van der Waals surface area contributed by atoms with Gasteiger partial charge in [0, 0.05) is 34.8 Å². The van der Waals surface area contributed by atoms with Crippen LogP contribution in [0.1, 0.15) is 31.7 Å². The number of fused-ring (bicyclic) bond motifs is 1. The minimum atomic E-state index is -0.290. The predicted octanol–water partition coefficient (Wildman–Crippen LogP) is 2.89. The molecule has 3 heterocycles. The van der Waals surface area contributed by atoms with Gasteiger partial charge >= 0.3 is 0 Å². The Balaban J connectivity index is 1.61. The molecule has 20 heavy (non-hydrogen) atoms. The molecular formula is C14H16IN3O2. The average molecular weight is 385 g/mol. The van der Waals surface area contributed by atoms with Gasteiger partial charge in [0.15, 0.2) is 5.79 Å². The summed E-state index contributed by atoms with van der Waals surface area (Å²) in [6, 6.07) is 0.481. The molecule has 0 radical (unpaired) electrons. The van der Waals surface area contributed by atoms with Crippen molar-refractivity contribution in [1.29, 1.82) is 0 Å². The molecule has 2 aromatic rings. The van der Waals surface area contributed by atoms with Gasteiger partial charge in [-0.3, -0.25) is 0 Å². The number of hydrogen-bond acceptors (Lipinski definition) is 4. The van der Waals surface area contributed by atoms with Crippen LogP contribution in [-0.2, 0) is 9.47 Å². The Morgan fingerprint density at radius 1 is 1.25 bits per heavy atom. The second-order valence-electron chi connectivity index (χ2n) is 5.48. The maximum atomic E-state index is 5.80. The Labute approximate surface area is 130 Å². The molecule has 0 unspecified atom stereocenters. The lowest BCUT2D eigenvalue weighted by atomic mass is 9.90. The SMILES string of the molecule is Ic1cn(C2CCC3(CC2)OCCO3)c2ncncc12. The van der Waals surface area contributed by atoms with Crippen LogP contribution in [0.15, 0.2) is 18.7 Å². The lowest BCUT2D eigenvalue weighted by Gasteiger charge is -2.36. The lowest BCUT2D eigenvalue weighted by Crippen LogP contribution is -2.35. The molecule has 1 aliphatic carbocycles. The molecule has 0 aromatic carbocycles. The van der Waals surface area contributed by atoms with Gasteiger partial charge in [-0.2, -0.15) is 0 Å². The maximum Gasteiger partial charge on any atom is 0.168 e. The fraction of sp³-hybridized carbons (Fsp3) is 0.571. The van der Waals surface area contributed by atoms with Crippen molar-refractivity contribution in [3.8, 4) is 0 Å². The van der Waals surface area contributed by atoms with E-state index in [1.807, 2.05) is 6.20 Å². The van der Waals surface area contributed by atoms with E-state index < -0.39 is 0 Å². The predicted molar refractivity (Wildman–Crippen MR) is 82.4 cm³/mol. The summed E-state index contributed by atoms with van der Waals surface area (Å²) < 4.78 is 15.1. The highest BCUT2D eigenvalue weighted by atomic mass is 127. The smallest absolute Gasteiger partial charge is 0.168 e. The number of nitrogens with zero attached hydrogens (tertiary/aromatic N) is 3. The summed E-state index contributed by atoms with van der Waals surface area (Å²) in [4.78, 5) is 8.57. The summed E-state index contributed by atoms with van der Waals surface area (Å²) in [5, 5.41) is 1.14. The molecule has 0 atom stereocenters. The van der Waals surface area contributed by atoms with E-state index in [1.54, 1.807) is 6.33 Å². The highest BCUT2D eigenvalue weighted by Crippen LogP contribution is 2.41. The van der Waals surface area contributed by atoms with Crippen molar-refractivity contribution in [3.63, 3.8) is 0 Å². The lowest BCUT2D eigenvalue weighted by molar-refractivity contribution is -0.181. The van der Waals surface area contributed by atoms with Gasteiger partial charge in [-0.1, -0.05) is 0 Å². The Kier molecular flexibility index (Phi) is 3.19. The highest BCUT2D eigenvalue weighted by molar-refractivity contribution is 14.1. The summed E-state index contributed by atoms with van der Waals surface area (Å²) in [6.45, 7) is 1.48. The van der Waals surface area contributed by atoms with E-state index in [-0.39, 0.29) is 5.79 Å². The van der Waals surface area contributed by atoms with Crippen molar-refractivity contribution in [2.24, 2.45) is 0 Å². The number of ether oxygens (including phenoxy) is 2. The number of halogens is 1. The van der Waals surface area contributed by atoms with Crippen molar-refractivity contribution >= 4 is 33.6 Å². The topological polar surface area (TPSA) is 49.2 Å². The molecule has 106 valence electrons. The fourth-order valence-corrected chi connectivity index (χ4v) is 4.02. The van der Waals surface area contributed by atoms with Gasteiger partial charge in [0.1, 0.15) is 12.0 Å². The standard InChI is InChI=1S/C14H16IN3O2/c15-12-8-18(13-11(12)7-16-9-17-13)10-1-3-14(4-2-10)19-5-6-20-14/h7-10H,1-6H2. The van der Waals surface area contributed by atoms with Gasteiger partial charge in [-0.05, 0) is 35.4 Å². The Morgan fingerprint density at radius 3 is 2.75 bits per heavy atom. The largest absolute Gasteiger partial charge is 0.348 e. The van der Waals surface area contributed by atoms with Gasteiger partial charge in [0.2, 0.25) is 0 Å². The van der Waals surface area contributed by atoms with Crippen molar-refractivity contribution in [2.45, 2.75) is 37.5 Å². The molecule has 2 aliphatic rings. The first-order valence-corrected chi connectivity index (χ1v) is 8.09.